The summed E-state index contributed by atoms with van der Waals surface area (Å²) >= 11 is 0. The summed E-state index contributed by atoms with van der Waals surface area (Å²) < 4.78 is 25.9. The lowest BCUT2D eigenvalue weighted by molar-refractivity contribution is -0.900. The average molecular weight is 846 g/mol. The van der Waals surface area contributed by atoms with Crippen LogP contribution in [0.5, 0.6) is 0 Å². The highest BCUT2D eigenvalue weighted by molar-refractivity contribution is 6.24. The van der Waals surface area contributed by atoms with Crippen molar-refractivity contribution in [2.24, 2.45) is 11.5 Å². The summed E-state index contributed by atoms with van der Waals surface area (Å²) in [5.41, 5.74) is 37.7. The summed E-state index contributed by atoms with van der Waals surface area (Å²) in [6, 6.07) is 15.7. The van der Waals surface area contributed by atoms with Crippen LogP contribution in [0.4, 0.5) is 0 Å². The summed E-state index contributed by atoms with van der Waals surface area (Å²) in [7, 11) is 5.09. The highest BCUT2D eigenvalue weighted by atomic mass is 35.5. The van der Waals surface area contributed by atoms with E-state index < -0.39 is 0 Å². The van der Waals surface area contributed by atoms with Crippen molar-refractivity contribution in [3.05, 3.63) is 92.0 Å². The van der Waals surface area contributed by atoms with Crippen LogP contribution in [-0.2, 0) is 42.6 Å². The normalized spacial score (nSPS) is 29.0. The molecule has 2 heterocycles. The second-order valence-corrected chi connectivity index (χ2v) is 20.1. The van der Waals surface area contributed by atoms with E-state index in [4.69, 9.17) is 30.4 Å². The molecule has 9 aliphatic rings. The van der Waals surface area contributed by atoms with Crippen molar-refractivity contribution >= 4 is 21.5 Å². The third kappa shape index (κ3) is 4.28. The van der Waals surface area contributed by atoms with Crippen LogP contribution in [0.3, 0.4) is 0 Å². The second kappa shape index (κ2) is 12.8. The maximum Gasteiger partial charge on any atom is 0.102 e. The SMILES string of the molecule is C[N+]1(CCOCCOCCN)CC2c3cc4c5c6c3-c3c(cc7c8c3C63C[N+](C)(CCOCCOCCN)CC36c3c-5c(cc5ccc9cc(c-8c6c9c35)C7)C4)C2C1.[Cl-].[Cl-]. The molecule has 4 N–H and O–H groups in total. The smallest absolute Gasteiger partial charge is 0.102 e. The minimum Gasteiger partial charge on any atom is -1.00 e. The van der Waals surface area contributed by atoms with Gasteiger partial charge in [0.05, 0.1) is 104 Å². The largest absolute Gasteiger partial charge is 1.00 e. The van der Waals surface area contributed by atoms with E-state index >= 15 is 0 Å². The van der Waals surface area contributed by atoms with Gasteiger partial charge in [0.1, 0.15) is 13.1 Å². The first-order chi connectivity index (χ1) is 28.3. The first-order valence-electron chi connectivity index (χ1n) is 22.2. The monoisotopic (exact) mass is 844 g/mol. The quantitative estimate of drug-likeness (QED) is 0.0771. The maximum absolute atomic E-state index is 6.38. The minimum absolute atomic E-state index is 0. The van der Waals surface area contributed by atoms with Crippen molar-refractivity contribution in [2.75, 3.05) is 119 Å². The number of rotatable bonds is 16. The number of ether oxygens (including phenoxy) is 4. The zero-order valence-electron chi connectivity index (χ0n) is 34.8. The lowest BCUT2D eigenvalue weighted by atomic mass is 9.48. The first kappa shape index (κ1) is 38.5. The number of quaternary nitrogens is 2. The lowest BCUT2D eigenvalue weighted by Crippen LogP contribution is -3.00. The summed E-state index contributed by atoms with van der Waals surface area (Å²) in [6.07, 6.45) is 2.12. The van der Waals surface area contributed by atoms with Crippen molar-refractivity contribution in [1.82, 2.24) is 0 Å². The van der Waals surface area contributed by atoms with E-state index in [2.05, 4.69) is 50.5 Å². The molecule has 5 aromatic rings. The van der Waals surface area contributed by atoms with Crippen LogP contribution in [0.1, 0.15) is 67.5 Å². The van der Waals surface area contributed by atoms with Crippen LogP contribution in [0, 0.1) is 0 Å². The Balaban J connectivity index is 0.00000194. The molecule has 0 radical (unpaired) electrons. The number of nitrogens with two attached hydrogens (primary N) is 2. The molecule has 7 aliphatic carbocycles. The van der Waals surface area contributed by atoms with Crippen molar-refractivity contribution in [3.8, 4) is 33.4 Å². The predicted octanol–water partition coefficient (Wildman–Crippen LogP) is -0.579. The first-order valence-corrected chi connectivity index (χ1v) is 22.2. The van der Waals surface area contributed by atoms with Crippen LogP contribution in [0.15, 0.2) is 36.4 Å². The van der Waals surface area contributed by atoms with Crippen LogP contribution in [0.25, 0.3) is 54.9 Å². The Kier molecular flexibility index (Phi) is 8.19. The van der Waals surface area contributed by atoms with Crippen LogP contribution < -0.4 is 36.3 Å². The fourth-order valence-electron chi connectivity index (χ4n) is 15.5. The molecular weight excluding hydrogens is 791 g/mol. The van der Waals surface area contributed by atoms with Gasteiger partial charge in [-0.25, -0.2) is 0 Å². The molecule has 14 rings (SSSR count). The average Bonchev–Trinajstić information content (AvgIpc) is 4.03. The Morgan fingerprint density at radius 1 is 0.517 bits per heavy atom. The topological polar surface area (TPSA) is 89.0 Å². The highest BCUT2D eigenvalue weighted by Gasteiger charge is 2.78. The Labute approximate surface area is 364 Å². The van der Waals surface area contributed by atoms with Gasteiger partial charge >= 0.3 is 0 Å². The van der Waals surface area contributed by atoms with E-state index in [9.17, 15) is 0 Å². The number of hydrogen-bond donors (Lipinski definition) is 2. The Bertz CT molecular complexity index is 2620. The van der Waals surface area contributed by atoms with Gasteiger partial charge in [0, 0.05) is 24.9 Å². The van der Waals surface area contributed by atoms with Gasteiger partial charge < -0.3 is 64.2 Å². The van der Waals surface area contributed by atoms with Crippen LogP contribution in [-0.4, -0.2) is 128 Å². The van der Waals surface area contributed by atoms with Gasteiger partial charge in [0.2, 0.25) is 0 Å². The van der Waals surface area contributed by atoms with E-state index in [1.807, 2.05) is 0 Å². The fraction of sp³-hybridized carbons (Fsp3) is 0.480. The van der Waals surface area contributed by atoms with Crippen molar-refractivity contribution in [2.45, 2.75) is 35.5 Å². The minimum atomic E-state index is -0.0851. The van der Waals surface area contributed by atoms with Gasteiger partial charge in [0.25, 0.3) is 0 Å². The number of hydrogen-bond acceptors (Lipinski definition) is 6. The number of halogens is 2. The van der Waals surface area contributed by atoms with E-state index in [0.29, 0.717) is 64.6 Å². The molecule has 0 amide bonds. The Morgan fingerprint density at radius 2 is 0.917 bits per heavy atom. The van der Waals surface area contributed by atoms with Gasteiger partial charge in [-0.15, -0.1) is 0 Å². The molecule has 0 saturated carbocycles. The zero-order valence-corrected chi connectivity index (χ0v) is 36.3. The molecule has 8 nitrogen and oxygen atoms in total. The number of benzene rings is 5. The van der Waals surface area contributed by atoms with E-state index in [1.165, 1.54) is 23.9 Å². The van der Waals surface area contributed by atoms with Crippen LogP contribution in [0.2, 0.25) is 0 Å². The van der Waals surface area contributed by atoms with E-state index in [0.717, 1.165) is 61.2 Å². The Hall–Kier alpha value is -3.12. The molecule has 2 fully saturated rings. The van der Waals surface area contributed by atoms with Gasteiger partial charge in [-0.2, -0.15) is 0 Å². The molecule has 5 aromatic carbocycles. The predicted molar refractivity (Wildman–Crippen MR) is 227 cm³/mol. The van der Waals surface area contributed by atoms with Gasteiger partial charge in [0.15, 0.2) is 0 Å². The van der Waals surface area contributed by atoms with Crippen molar-refractivity contribution in [3.63, 3.8) is 0 Å². The summed E-state index contributed by atoms with van der Waals surface area (Å²) in [4.78, 5) is 0. The molecule has 2 saturated heterocycles. The molecule has 2 spiro atoms. The van der Waals surface area contributed by atoms with E-state index in [1.54, 1.807) is 99.8 Å². The van der Waals surface area contributed by atoms with Gasteiger partial charge in [-0.05, 0) is 123 Å². The molecule has 3 unspecified atom stereocenters. The molecule has 10 heteroatoms. The standard InChI is InChI=1S/C50H54N4O4.2ClH/c1-53(7-11-57-15-13-55-9-5-51)23-35-33-21-31-19-29-17-27-3-4-28-18-30-20-32-22-34(36(35)24-53)44-43(33)47-41(31)39(29)45-37(27)38(28)46-40(30)42(32)48(44)50(47)26-54(2,25-49(45,46)50)8-12-58-16-14-56-10-6-52;;/h3-4,17-18,21-22,35-36H,5-16,19-20,23-26,51-52H2,1-2H3;2*1H/q+2;;/p-2. The van der Waals surface area contributed by atoms with Crippen LogP contribution >= 0.6 is 0 Å². The molecule has 0 aromatic heterocycles. The molecule has 3 atom stereocenters. The summed E-state index contributed by atoms with van der Waals surface area (Å²) in [6.45, 7) is 12.9. The molecular formula is C50H54Cl2N4O4. The molecule has 0 bridgehead atoms. The Morgan fingerprint density at radius 3 is 1.38 bits per heavy atom. The van der Waals surface area contributed by atoms with E-state index in [-0.39, 0.29) is 35.6 Å². The number of likely N-dealkylation sites (N-methyl/N-ethyl adjacent to an activating group) is 2. The van der Waals surface area contributed by atoms with Crippen molar-refractivity contribution < 1.29 is 52.7 Å². The highest BCUT2D eigenvalue weighted by Crippen LogP contribution is 2.81. The number of nitrogens with zero attached hydrogens (tertiary/aromatic N) is 2. The fourth-order valence-corrected chi connectivity index (χ4v) is 15.5. The third-order valence-electron chi connectivity index (χ3n) is 17.0. The molecule has 2 aliphatic heterocycles. The zero-order chi connectivity index (χ0) is 38.5. The third-order valence-corrected chi connectivity index (χ3v) is 17.0. The second-order valence-electron chi connectivity index (χ2n) is 20.1. The van der Waals surface area contributed by atoms with Crippen molar-refractivity contribution in [1.29, 1.82) is 0 Å². The number of likely N-dealkylation sites (tertiary alicyclic amines) is 2. The van der Waals surface area contributed by atoms with Gasteiger partial charge in [-0.3, -0.25) is 0 Å². The molecule has 312 valence electrons. The van der Waals surface area contributed by atoms with Gasteiger partial charge in [-0.1, -0.05) is 36.4 Å². The number of fused-ring (bicyclic) bond motifs is 3. The molecule has 60 heavy (non-hydrogen) atoms. The summed E-state index contributed by atoms with van der Waals surface area (Å²) in [5.74, 6) is 1.02. The lowest BCUT2D eigenvalue weighted by Gasteiger charge is -2.49. The maximum atomic E-state index is 6.38. The summed E-state index contributed by atoms with van der Waals surface area (Å²) in [5, 5.41) is 6.09.